The number of hydrogen-bond acceptors (Lipinski definition) is 3. The Labute approximate surface area is 153 Å². The standard InChI is InChI=1S/C18H28F2N4O2/c1-5-21-17(23-9-8-22-16(25)18(2,3)4)24-10-11-26-15-7-6-13(19)12-14(15)20/h6-7,12H,5,8-11H2,1-4H3,(H,22,25)(H2,21,23,24). The third kappa shape index (κ3) is 8.13. The highest BCUT2D eigenvalue weighted by atomic mass is 19.1. The fourth-order valence-corrected chi connectivity index (χ4v) is 1.87. The van der Waals surface area contributed by atoms with E-state index in [1.807, 2.05) is 27.7 Å². The zero-order valence-electron chi connectivity index (χ0n) is 15.8. The summed E-state index contributed by atoms with van der Waals surface area (Å²) in [6, 6.07) is 3.17. The molecule has 0 aromatic heterocycles. The SMILES string of the molecule is CCNC(=NCCNC(=O)C(C)(C)C)NCCOc1ccc(F)cc1F. The summed E-state index contributed by atoms with van der Waals surface area (Å²) in [6.45, 7) is 9.58. The summed E-state index contributed by atoms with van der Waals surface area (Å²) in [4.78, 5) is 16.1. The third-order valence-corrected chi connectivity index (χ3v) is 3.24. The number of halogens is 2. The van der Waals surface area contributed by atoms with Crippen molar-refractivity contribution in [3.8, 4) is 5.75 Å². The number of amides is 1. The second-order valence-electron chi connectivity index (χ2n) is 6.62. The number of carbonyl (C=O) groups is 1. The molecule has 0 fully saturated rings. The maximum absolute atomic E-state index is 13.5. The zero-order valence-corrected chi connectivity index (χ0v) is 15.8. The van der Waals surface area contributed by atoms with E-state index in [1.54, 1.807) is 0 Å². The van der Waals surface area contributed by atoms with E-state index in [0.717, 1.165) is 12.1 Å². The molecule has 26 heavy (non-hydrogen) atoms. The van der Waals surface area contributed by atoms with Crippen LogP contribution in [0.25, 0.3) is 0 Å². The molecule has 0 unspecified atom stereocenters. The summed E-state index contributed by atoms with van der Waals surface area (Å²) in [5.41, 5.74) is -0.431. The van der Waals surface area contributed by atoms with Crippen LogP contribution in [-0.4, -0.2) is 44.7 Å². The molecule has 1 aromatic carbocycles. The Morgan fingerprint density at radius 1 is 1.15 bits per heavy atom. The maximum Gasteiger partial charge on any atom is 0.225 e. The first-order valence-corrected chi connectivity index (χ1v) is 8.62. The Hall–Kier alpha value is -2.38. The molecule has 146 valence electrons. The first kappa shape index (κ1) is 21.7. The summed E-state index contributed by atoms with van der Waals surface area (Å²) in [7, 11) is 0. The van der Waals surface area contributed by atoms with Gasteiger partial charge in [-0.25, -0.2) is 8.78 Å². The highest BCUT2D eigenvalue weighted by Crippen LogP contribution is 2.17. The molecule has 0 aliphatic carbocycles. The number of ether oxygens (including phenoxy) is 1. The van der Waals surface area contributed by atoms with Gasteiger partial charge >= 0.3 is 0 Å². The second-order valence-corrected chi connectivity index (χ2v) is 6.62. The molecule has 0 bridgehead atoms. The predicted octanol–water partition coefficient (Wildman–Crippen LogP) is 2.06. The van der Waals surface area contributed by atoms with Gasteiger partial charge in [0, 0.05) is 24.6 Å². The molecule has 0 spiro atoms. The molecule has 6 nitrogen and oxygen atoms in total. The van der Waals surface area contributed by atoms with E-state index in [4.69, 9.17) is 4.74 Å². The summed E-state index contributed by atoms with van der Waals surface area (Å²) in [6.07, 6.45) is 0. The quantitative estimate of drug-likeness (QED) is 0.372. The van der Waals surface area contributed by atoms with E-state index in [-0.39, 0.29) is 18.3 Å². The monoisotopic (exact) mass is 370 g/mol. The Balaban J connectivity index is 2.36. The first-order valence-electron chi connectivity index (χ1n) is 8.62. The number of carbonyl (C=O) groups excluding carboxylic acids is 1. The van der Waals surface area contributed by atoms with Gasteiger partial charge < -0.3 is 20.7 Å². The van der Waals surface area contributed by atoms with Crippen molar-refractivity contribution in [2.75, 3.05) is 32.8 Å². The lowest BCUT2D eigenvalue weighted by Crippen LogP contribution is -2.40. The van der Waals surface area contributed by atoms with Crippen molar-refractivity contribution >= 4 is 11.9 Å². The Kier molecular flexibility index (Phi) is 8.81. The average Bonchev–Trinajstić information content (AvgIpc) is 2.55. The van der Waals surface area contributed by atoms with Gasteiger partial charge in [-0.1, -0.05) is 20.8 Å². The molecular weight excluding hydrogens is 342 g/mol. The minimum Gasteiger partial charge on any atom is -0.489 e. The van der Waals surface area contributed by atoms with Gasteiger partial charge in [0.2, 0.25) is 5.91 Å². The van der Waals surface area contributed by atoms with Gasteiger partial charge in [-0.3, -0.25) is 9.79 Å². The zero-order chi connectivity index (χ0) is 19.6. The average molecular weight is 370 g/mol. The van der Waals surface area contributed by atoms with E-state index in [0.29, 0.717) is 32.1 Å². The summed E-state index contributed by atoms with van der Waals surface area (Å²) < 4.78 is 31.6. The van der Waals surface area contributed by atoms with Crippen LogP contribution in [0.5, 0.6) is 5.75 Å². The van der Waals surface area contributed by atoms with Crippen molar-refractivity contribution in [2.24, 2.45) is 10.4 Å². The molecule has 0 atom stereocenters. The van der Waals surface area contributed by atoms with Crippen LogP contribution in [0.3, 0.4) is 0 Å². The van der Waals surface area contributed by atoms with Crippen molar-refractivity contribution in [2.45, 2.75) is 27.7 Å². The van der Waals surface area contributed by atoms with Crippen LogP contribution in [0.15, 0.2) is 23.2 Å². The second kappa shape index (κ2) is 10.6. The molecule has 0 heterocycles. The molecule has 1 rings (SSSR count). The van der Waals surface area contributed by atoms with Crippen LogP contribution >= 0.6 is 0 Å². The van der Waals surface area contributed by atoms with Crippen molar-refractivity contribution in [1.82, 2.24) is 16.0 Å². The number of nitrogens with one attached hydrogen (secondary N) is 3. The van der Waals surface area contributed by atoms with Gasteiger partial charge in [-0.05, 0) is 19.1 Å². The normalized spacial score (nSPS) is 11.8. The summed E-state index contributed by atoms with van der Waals surface area (Å²) in [5, 5.41) is 8.93. The number of nitrogens with zero attached hydrogens (tertiary/aromatic N) is 1. The molecule has 8 heteroatoms. The first-order chi connectivity index (χ1) is 12.2. The summed E-state index contributed by atoms with van der Waals surface area (Å²) >= 11 is 0. The number of guanidine groups is 1. The lowest BCUT2D eigenvalue weighted by Gasteiger charge is -2.17. The van der Waals surface area contributed by atoms with Gasteiger partial charge in [0.15, 0.2) is 17.5 Å². The number of rotatable bonds is 8. The van der Waals surface area contributed by atoms with Crippen molar-refractivity contribution in [1.29, 1.82) is 0 Å². The fourth-order valence-electron chi connectivity index (χ4n) is 1.87. The van der Waals surface area contributed by atoms with Crippen LogP contribution < -0.4 is 20.7 Å². The van der Waals surface area contributed by atoms with Gasteiger partial charge in [0.1, 0.15) is 12.4 Å². The molecule has 1 amide bonds. The van der Waals surface area contributed by atoms with Gasteiger partial charge in [-0.2, -0.15) is 0 Å². The topological polar surface area (TPSA) is 74.8 Å². The van der Waals surface area contributed by atoms with E-state index in [2.05, 4.69) is 20.9 Å². The molecular formula is C18H28F2N4O2. The van der Waals surface area contributed by atoms with E-state index >= 15 is 0 Å². The van der Waals surface area contributed by atoms with Crippen LogP contribution in [-0.2, 0) is 4.79 Å². The lowest BCUT2D eigenvalue weighted by molar-refractivity contribution is -0.128. The Morgan fingerprint density at radius 3 is 2.50 bits per heavy atom. The Morgan fingerprint density at radius 2 is 1.88 bits per heavy atom. The molecule has 0 radical (unpaired) electrons. The van der Waals surface area contributed by atoms with Gasteiger partial charge in [0.05, 0.1) is 13.1 Å². The lowest BCUT2D eigenvalue weighted by atomic mass is 9.96. The number of benzene rings is 1. The molecule has 0 aliphatic heterocycles. The molecule has 3 N–H and O–H groups in total. The number of hydrogen-bond donors (Lipinski definition) is 3. The van der Waals surface area contributed by atoms with Crippen LogP contribution in [0.4, 0.5) is 8.78 Å². The smallest absolute Gasteiger partial charge is 0.225 e. The predicted molar refractivity (Wildman–Crippen MR) is 98.3 cm³/mol. The molecule has 0 saturated carbocycles. The van der Waals surface area contributed by atoms with Gasteiger partial charge in [-0.15, -0.1) is 0 Å². The van der Waals surface area contributed by atoms with E-state index in [9.17, 15) is 13.6 Å². The largest absolute Gasteiger partial charge is 0.489 e. The summed E-state index contributed by atoms with van der Waals surface area (Å²) in [5.74, 6) is -0.839. The van der Waals surface area contributed by atoms with Crippen LogP contribution in [0.2, 0.25) is 0 Å². The fraction of sp³-hybridized carbons (Fsp3) is 0.556. The highest BCUT2D eigenvalue weighted by Gasteiger charge is 2.20. The minimum absolute atomic E-state index is 0.0000298. The van der Waals surface area contributed by atoms with E-state index in [1.165, 1.54) is 6.07 Å². The van der Waals surface area contributed by atoms with Crippen molar-refractivity contribution in [3.05, 3.63) is 29.8 Å². The van der Waals surface area contributed by atoms with Crippen LogP contribution in [0.1, 0.15) is 27.7 Å². The highest BCUT2D eigenvalue weighted by molar-refractivity contribution is 5.81. The molecule has 0 aliphatic rings. The Bertz CT molecular complexity index is 616. The molecule has 0 saturated heterocycles. The van der Waals surface area contributed by atoms with E-state index < -0.39 is 17.0 Å². The van der Waals surface area contributed by atoms with Gasteiger partial charge in [0.25, 0.3) is 0 Å². The molecule has 1 aromatic rings. The van der Waals surface area contributed by atoms with Crippen molar-refractivity contribution < 1.29 is 18.3 Å². The maximum atomic E-state index is 13.5. The number of aliphatic imine (C=N–C) groups is 1. The third-order valence-electron chi connectivity index (χ3n) is 3.24. The minimum atomic E-state index is -0.736. The van der Waals surface area contributed by atoms with Crippen molar-refractivity contribution in [3.63, 3.8) is 0 Å². The van der Waals surface area contributed by atoms with Crippen LogP contribution in [0, 0.1) is 17.0 Å².